The number of hydrogen-bond acceptors (Lipinski definition) is 8. The van der Waals surface area contributed by atoms with E-state index in [0.29, 0.717) is 12.4 Å². The molecule has 0 aliphatic heterocycles. The highest BCUT2D eigenvalue weighted by molar-refractivity contribution is 5.97. The van der Waals surface area contributed by atoms with Crippen LogP contribution in [0.15, 0.2) is 42.7 Å². The van der Waals surface area contributed by atoms with Gasteiger partial charge >= 0.3 is 12.1 Å². The van der Waals surface area contributed by atoms with Crippen molar-refractivity contribution in [2.75, 3.05) is 6.67 Å². The van der Waals surface area contributed by atoms with E-state index in [4.69, 9.17) is 16.2 Å². The highest BCUT2D eigenvalue weighted by Gasteiger charge is 2.44. The molecule has 2 rings (SSSR count). The van der Waals surface area contributed by atoms with E-state index in [9.17, 15) is 19.5 Å². The molecule has 0 saturated heterocycles. The molecule has 1 unspecified atom stereocenters. The van der Waals surface area contributed by atoms with Crippen LogP contribution in [0.5, 0.6) is 0 Å². The van der Waals surface area contributed by atoms with Crippen molar-refractivity contribution in [2.45, 2.75) is 57.6 Å². The Bertz CT molecular complexity index is 946. The summed E-state index contributed by atoms with van der Waals surface area (Å²) in [6.07, 6.45) is 1.76. The number of alkyl carbamates (subject to hydrolysis) is 1. The number of carbonyl (C=O) groups excluding carboxylic acids is 2. The van der Waals surface area contributed by atoms with Crippen molar-refractivity contribution in [3.05, 3.63) is 54.1 Å². The number of benzene rings is 1. The number of ether oxygens (including phenoxy) is 1. The molecule has 0 saturated carbocycles. The van der Waals surface area contributed by atoms with Gasteiger partial charge in [-0.25, -0.2) is 14.6 Å². The Balaban J connectivity index is 2.18. The Labute approximate surface area is 198 Å². The van der Waals surface area contributed by atoms with Crippen molar-refractivity contribution < 1.29 is 24.2 Å². The highest BCUT2D eigenvalue weighted by Crippen LogP contribution is 2.20. The van der Waals surface area contributed by atoms with Crippen molar-refractivity contribution >= 4 is 18.0 Å². The Hall–Kier alpha value is -3.48. The maximum absolute atomic E-state index is 13.3. The number of rotatable bonds is 11. The summed E-state index contributed by atoms with van der Waals surface area (Å²) in [5.74, 6) is -1.45. The van der Waals surface area contributed by atoms with Crippen LogP contribution in [0.3, 0.4) is 0 Å². The van der Waals surface area contributed by atoms with Crippen molar-refractivity contribution in [2.24, 2.45) is 11.5 Å². The van der Waals surface area contributed by atoms with Gasteiger partial charge in [0.2, 0.25) is 0 Å². The summed E-state index contributed by atoms with van der Waals surface area (Å²) >= 11 is 0. The largest absolute Gasteiger partial charge is 0.478 e. The van der Waals surface area contributed by atoms with E-state index in [1.54, 1.807) is 51.4 Å². The van der Waals surface area contributed by atoms with Gasteiger partial charge in [0.15, 0.2) is 5.66 Å². The lowest BCUT2D eigenvalue weighted by Crippen LogP contribution is -2.66. The molecule has 0 radical (unpaired) electrons. The minimum atomic E-state index is -2.16. The van der Waals surface area contributed by atoms with Crippen molar-refractivity contribution in [3.8, 4) is 0 Å². The lowest BCUT2D eigenvalue weighted by Gasteiger charge is -2.38. The van der Waals surface area contributed by atoms with Crippen LogP contribution in [0.25, 0.3) is 0 Å². The molecule has 0 aliphatic carbocycles. The van der Waals surface area contributed by atoms with E-state index in [-0.39, 0.29) is 18.4 Å². The van der Waals surface area contributed by atoms with Gasteiger partial charge in [-0.15, -0.1) is 0 Å². The number of aromatic amines is 1. The van der Waals surface area contributed by atoms with Crippen molar-refractivity contribution in [1.29, 1.82) is 0 Å². The molecule has 1 heterocycles. The SMILES string of the molecule is CC(C)(C)OC(=O)NCN(C(=O)c1ccccc1)[C@@](N)(CCC(N)NCc1ncc[nH]1)C(=O)O. The van der Waals surface area contributed by atoms with Crippen LogP contribution in [0, 0.1) is 0 Å². The Kier molecular flexibility index (Phi) is 9.12. The molecule has 34 heavy (non-hydrogen) atoms. The van der Waals surface area contributed by atoms with E-state index in [1.807, 2.05) is 0 Å². The lowest BCUT2D eigenvalue weighted by atomic mass is 10.00. The second-order valence-corrected chi connectivity index (χ2v) is 8.73. The second kappa shape index (κ2) is 11.6. The maximum atomic E-state index is 13.3. The number of carbonyl (C=O) groups is 3. The van der Waals surface area contributed by atoms with Crippen LogP contribution in [0.1, 0.15) is 49.8 Å². The number of nitrogens with two attached hydrogens (primary N) is 2. The molecule has 0 spiro atoms. The number of imidazole rings is 1. The normalized spacial score (nSPS) is 14.0. The van der Waals surface area contributed by atoms with Crippen LogP contribution < -0.4 is 22.1 Å². The first-order valence-electron chi connectivity index (χ1n) is 10.8. The summed E-state index contributed by atoms with van der Waals surface area (Å²) in [4.78, 5) is 45.6. The van der Waals surface area contributed by atoms with Crippen LogP contribution >= 0.6 is 0 Å². The van der Waals surface area contributed by atoms with Gasteiger partial charge in [0.1, 0.15) is 11.4 Å². The average Bonchev–Trinajstić information content (AvgIpc) is 3.29. The first-order chi connectivity index (χ1) is 15.9. The molecule has 8 N–H and O–H groups in total. The summed E-state index contributed by atoms with van der Waals surface area (Å²) in [7, 11) is 0. The maximum Gasteiger partial charge on any atom is 0.409 e. The molecule has 2 amide bonds. The Morgan fingerprint density at radius 3 is 2.47 bits per heavy atom. The number of amides is 2. The monoisotopic (exact) mass is 475 g/mol. The fourth-order valence-corrected chi connectivity index (χ4v) is 3.05. The van der Waals surface area contributed by atoms with Crippen LogP contribution in [0.4, 0.5) is 4.79 Å². The van der Waals surface area contributed by atoms with Crippen LogP contribution in [0.2, 0.25) is 0 Å². The summed E-state index contributed by atoms with van der Waals surface area (Å²) in [6, 6.07) is 8.06. The molecule has 0 fully saturated rings. The van der Waals surface area contributed by atoms with E-state index in [1.165, 1.54) is 12.1 Å². The summed E-state index contributed by atoms with van der Waals surface area (Å²) in [6.45, 7) is 4.90. The number of H-pyrrole nitrogens is 1. The van der Waals surface area contributed by atoms with Gasteiger partial charge in [0, 0.05) is 18.0 Å². The van der Waals surface area contributed by atoms with E-state index < -0.39 is 42.1 Å². The van der Waals surface area contributed by atoms with E-state index in [2.05, 4.69) is 20.6 Å². The molecule has 2 aromatic rings. The zero-order chi connectivity index (χ0) is 25.4. The number of hydrogen-bond donors (Lipinski definition) is 6. The average molecular weight is 476 g/mol. The third-order valence-electron chi connectivity index (χ3n) is 4.82. The van der Waals surface area contributed by atoms with Gasteiger partial charge in [0.05, 0.1) is 19.4 Å². The van der Waals surface area contributed by atoms with Gasteiger partial charge in [0.25, 0.3) is 5.91 Å². The molecule has 2 atom stereocenters. The smallest absolute Gasteiger partial charge is 0.409 e. The fourth-order valence-electron chi connectivity index (χ4n) is 3.05. The Morgan fingerprint density at radius 1 is 1.24 bits per heavy atom. The molecule has 0 aliphatic rings. The number of carboxylic acid groups (broad SMARTS) is 1. The van der Waals surface area contributed by atoms with Gasteiger partial charge in [-0.3, -0.25) is 20.7 Å². The second-order valence-electron chi connectivity index (χ2n) is 8.73. The van der Waals surface area contributed by atoms with Crippen LogP contribution in [-0.2, 0) is 16.1 Å². The number of carboxylic acids is 1. The third-order valence-corrected chi connectivity index (χ3v) is 4.82. The molecule has 186 valence electrons. The number of nitrogens with one attached hydrogen (secondary N) is 3. The first kappa shape index (κ1) is 26.8. The standard InChI is InChI=1S/C22H33N7O5/c1-21(2,3)34-20(33)28-14-29(18(30)15-7-5-4-6-8-15)22(24,19(31)32)10-9-16(23)27-13-17-25-11-12-26-17/h4-8,11-12,16,27H,9-10,13-14,23-24H2,1-3H3,(H,25,26)(H,28,33)(H,31,32)/t16?,22-/m0/s1. The first-order valence-corrected chi connectivity index (χ1v) is 10.8. The number of aliphatic carboxylic acids is 1. The van der Waals surface area contributed by atoms with Gasteiger partial charge < -0.3 is 25.9 Å². The summed E-state index contributed by atoms with van der Waals surface area (Å²) < 4.78 is 5.20. The molecule has 1 aromatic heterocycles. The molecule has 0 bridgehead atoms. The van der Waals surface area contributed by atoms with Gasteiger partial charge in [-0.05, 0) is 45.7 Å². The zero-order valence-corrected chi connectivity index (χ0v) is 19.6. The molecular weight excluding hydrogens is 442 g/mol. The van der Waals surface area contributed by atoms with Gasteiger partial charge in [-0.1, -0.05) is 18.2 Å². The molecule has 12 heteroatoms. The fraction of sp³-hybridized carbons (Fsp3) is 0.455. The number of aromatic nitrogens is 2. The van der Waals surface area contributed by atoms with Crippen LogP contribution in [-0.4, -0.2) is 62.0 Å². The number of nitrogens with zero attached hydrogens (tertiary/aromatic N) is 2. The van der Waals surface area contributed by atoms with Gasteiger partial charge in [-0.2, -0.15) is 0 Å². The topological polar surface area (TPSA) is 189 Å². The third kappa shape index (κ3) is 7.83. The van der Waals surface area contributed by atoms with Crippen molar-refractivity contribution in [1.82, 2.24) is 25.5 Å². The molecule has 12 nitrogen and oxygen atoms in total. The van der Waals surface area contributed by atoms with Crippen molar-refractivity contribution in [3.63, 3.8) is 0 Å². The molecule has 1 aromatic carbocycles. The summed E-state index contributed by atoms with van der Waals surface area (Å²) in [5, 5.41) is 15.4. The minimum Gasteiger partial charge on any atom is -0.478 e. The van der Waals surface area contributed by atoms with E-state index >= 15 is 0 Å². The Morgan fingerprint density at radius 2 is 1.91 bits per heavy atom. The quantitative estimate of drug-likeness (QED) is 0.257. The highest BCUT2D eigenvalue weighted by atomic mass is 16.6. The zero-order valence-electron chi connectivity index (χ0n) is 19.6. The predicted octanol–water partition coefficient (Wildman–Crippen LogP) is 0.929. The minimum absolute atomic E-state index is 0.120. The lowest BCUT2D eigenvalue weighted by molar-refractivity contribution is -0.150. The summed E-state index contributed by atoms with van der Waals surface area (Å²) in [5.41, 5.74) is 9.64. The predicted molar refractivity (Wildman–Crippen MR) is 124 cm³/mol. The molecular formula is C22H33N7O5. The van der Waals surface area contributed by atoms with E-state index in [0.717, 1.165) is 4.90 Å².